The number of fused-ring (bicyclic) bond motifs is 1. The molecule has 2 aromatic heterocycles. The quantitative estimate of drug-likeness (QED) is 0.723. The molecule has 0 bridgehead atoms. The van der Waals surface area contributed by atoms with E-state index < -0.39 is 0 Å². The van der Waals surface area contributed by atoms with Crippen LogP contribution in [0.4, 0.5) is 5.82 Å². The summed E-state index contributed by atoms with van der Waals surface area (Å²) in [6.07, 6.45) is 0. The summed E-state index contributed by atoms with van der Waals surface area (Å²) in [5.74, 6) is 2.26. The molecule has 4 rings (SSSR count). The Morgan fingerprint density at radius 1 is 1.09 bits per heavy atom. The molecule has 7 heteroatoms. The maximum atomic E-state index is 5.95. The summed E-state index contributed by atoms with van der Waals surface area (Å²) >= 11 is 5.95. The largest absolute Gasteiger partial charge is 0.378 e. The Morgan fingerprint density at radius 2 is 1.83 bits per heavy atom. The van der Waals surface area contributed by atoms with E-state index in [1.807, 2.05) is 41.8 Å². The first-order chi connectivity index (χ1) is 11.2. The molecule has 3 heterocycles. The molecular weight excluding hydrogens is 314 g/mol. The molecule has 0 spiro atoms. The second-order valence-electron chi connectivity index (χ2n) is 5.51. The molecule has 6 nitrogen and oxygen atoms in total. The van der Waals surface area contributed by atoms with Crippen molar-refractivity contribution in [2.45, 2.75) is 6.92 Å². The van der Waals surface area contributed by atoms with Gasteiger partial charge in [0.25, 0.3) is 5.78 Å². The lowest BCUT2D eigenvalue weighted by Gasteiger charge is -2.28. The van der Waals surface area contributed by atoms with Gasteiger partial charge >= 0.3 is 0 Å². The van der Waals surface area contributed by atoms with Crippen molar-refractivity contribution in [3.05, 3.63) is 41.0 Å². The summed E-state index contributed by atoms with van der Waals surface area (Å²) in [6.45, 7) is 5.10. The third kappa shape index (κ3) is 2.75. The molecule has 23 heavy (non-hydrogen) atoms. The summed E-state index contributed by atoms with van der Waals surface area (Å²) in [5, 5.41) is 5.34. The van der Waals surface area contributed by atoms with E-state index in [0.717, 1.165) is 43.4 Å². The molecule has 1 fully saturated rings. The summed E-state index contributed by atoms with van der Waals surface area (Å²) in [4.78, 5) is 11.3. The average Bonchev–Trinajstić information content (AvgIpc) is 2.99. The number of hydrogen-bond acceptors (Lipinski definition) is 5. The van der Waals surface area contributed by atoms with Gasteiger partial charge in [-0.1, -0.05) is 11.6 Å². The molecule has 1 aromatic carbocycles. The fraction of sp³-hybridized carbons (Fsp3) is 0.312. The molecule has 0 N–H and O–H groups in total. The van der Waals surface area contributed by atoms with Gasteiger partial charge in [0.15, 0.2) is 5.82 Å². The molecule has 0 atom stereocenters. The van der Waals surface area contributed by atoms with Crippen molar-refractivity contribution in [1.82, 2.24) is 19.6 Å². The van der Waals surface area contributed by atoms with Gasteiger partial charge in [-0.15, -0.1) is 5.10 Å². The van der Waals surface area contributed by atoms with Crippen molar-refractivity contribution in [2.75, 3.05) is 31.2 Å². The summed E-state index contributed by atoms with van der Waals surface area (Å²) in [5.41, 5.74) is 1.85. The monoisotopic (exact) mass is 329 g/mol. The minimum atomic E-state index is 0.608. The van der Waals surface area contributed by atoms with Gasteiger partial charge in [-0.05, 0) is 31.2 Å². The van der Waals surface area contributed by atoms with Gasteiger partial charge in [-0.25, -0.2) is 4.98 Å². The summed E-state index contributed by atoms with van der Waals surface area (Å²) in [7, 11) is 0. The molecule has 3 aromatic rings. The number of anilines is 1. The highest BCUT2D eigenvalue weighted by atomic mass is 35.5. The Balaban J connectivity index is 1.82. The second-order valence-corrected chi connectivity index (χ2v) is 5.95. The maximum absolute atomic E-state index is 5.95. The molecule has 0 unspecified atom stereocenters. The van der Waals surface area contributed by atoms with E-state index in [9.17, 15) is 0 Å². The maximum Gasteiger partial charge on any atom is 0.254 e. The smallest absolute Gasteiger partial charge is 0.254 e. The molecular formula is C16H16ClN5O. The standard InChI is InChI=1S/C16H16ClN5O/c1-11-10-14(21-6-8-23-9-7-21)22-16(18-11)19-15(20-22)12-2-4-13(17)5-3-12/h2-5,10H,6-9H2,1H3. The lowest BCUT2D eigenvalue weighted by Crippen LogP contribution is -2.37. The third-order valence-corrected chi connectivity index (χ3v) is 4.11. The molecule has 0 amide bonds. The minimum absolute atomic E-state index is 0.608. The predicted octanol–water partition coefficient (Wildman–Crippen LogP) is 2.59. The van der Waals surface area contributed by atoms with Gasteiger partial charge in [0.2, 0.25) is 0 Å². The number of benzene rings is 1. The topological polar surface area (TPSA) is 55.6 Å². The number of morpholine rings is 1. The Kier molecular flexibility index (Phi) is 3.63. The Hall–Kier alpha value is -2.18. The van der Waals surface area contributed by atoms with Crippen molar-refractivity contribution in [2.24, 2.45) is 0 Å². The van der Waals surface area contributed by atoms with Gasteiger partial charge in [0, 0.05) is 35.4 Å². The van der Waals surface area contributed by atoms with Crippen LogP contribution in [0.3, 0.4) is 0 Å². The zero-order chi connectivity index (χ0) is 15.8. The summed E-state index contributed by atoms with van der Waals surface area (Å²) in [6, 6.07) is 9.55. The van der Waals surface area contributed by atoms with Crippen molar-refractivity contribution in [1.29, 1.82) is 0 Å². The van der Waals surface area contributed by atoms with Gasteiger partial charge in [0.05, 0.1) is 13.2 Å². The lowest BCUT2D eigenvalue weighted by molar-refractivity contribution is 0.122. The van der Waals surface area contributed by atoms with E-state index >= 15 is 0 Å². The highest BCUT2D eigenvalue weighted by Gasteiger charge is 2.18. The van der Waals surface area contributed by atoms with Crippen molar-refractivity contribution in [3.8, 4) is 11.4 Å². The van der Waals surface area contributed by atoms with Crippen LogP contribution in [0.2, 0.25) is 5.02 Å². The average molecular weight is 330 g/mol. The van der Waals surface area contributed by atoms with Crippen molar-refractivity contribution >= 4 is 23.2 Å². The van der Waals surface area contributed by atoms with Crippen LogP contribution in [-0.2, 0) is 4.74 Å². The molecule has 1 aliphatic heterocycles. The molecule has 1 aliphatic rings. The van der Waals surface area contributed by atoms with Crippen LogP contribution in [0.25, 0.3) is 17.2 Å². The van der Waals surface area contributed by atoms with Crippen LogP contribution in [0, 0.1) is 6.92 Å². The molecule has 118 valence electrons. The van der Waals surface area contributed by atoms with E-state index in [4.69, 9.17) is 16.3 Å². The summed E-state index contributed by atoms with van der Waals surface area (Å²) < 4.78 is 7.24. The van der Waals surface area contributed by atoms with Crippen LogP contribution >= 0.6 is 11.6 Å². The van der Waals surface area contributed by atoms with Crippen LogP contribution in [0.1, 0.15) is 5.69 Å². The van der Waals surface area contributed by atoms with Gasteiger partial charge in [-0.2, -0.15) is 9.50 Å². The Morgan fingerprint density at radius 3 is 2.57 bits per heavy atom. The van der Waals surface area contributed by atoms with Crippen LogP contribution < -0.4 is 4.90 Å². The SMILES string of the molecule is Cc1cc(N2CCOCC2)n2nc(-c3ccc(Cl)cc3)nc2n1. The molecule has 1 saturated heterocycles. The Labute approximate surface area is 138 Å². The van der Waals surface area contributed by atoms with Crippen molar-refractivity contribution < 1.29 is 4.74 Å². The second kappa shape index (κ2) is 5.79. The zero-order valence-corrected chi connectivity index (χ0v) is 13.5. The van der Waals surface area contributed by atoms with Crippen LogP contribution in [0.5, 0.6) is 0 Å². The number of nitrogens with zero attached hydrogens (tertiary/aromatic N) is 5. The van der Waals surface area contributed by atoms with Crippen molar-refractivity contribution in [3.63, 3.8) is 0 Å². The number of ether oxygens (including phenoxy) is 1. The minimum Gasteiger partial charge on any atom is -0.378 e. The predicted molar refractivity (Wildman–Crippen MR) is 89.0 cm³/mol. The molecule has 0 radical (unpaired) electrons. The first kappa shape index (κ1) is 14.4. The van der Waals surface area contributed by atoms with Gasteiger partial charge < -0.3 is 9.64 Å². The number of aryl methyl sites for hydroxylation is 1. The molecule has 0 saturated carbocycles. The third-order valence-electron chi connectivity index (χ3n) is 3.86. The number of rotatable bonds is 2. The van der Waals surface area contributed by atoms with E-state index in [1.165, 1.54) is 0 Å². The number of aromatic nitrogens is 4. The first-order valence-corrected chi connectivity index (χ1v) is 7.91. The fourth-order valence-corrected chi connectivity index (χ4v) is 2.83. The highest BCUT2D eigenvalue weighted by molar-refractivity contribution is 6.30. The van der Waals surface area contributed by atoms with E-state index in [-0.39, 0.29) is 0 Å². The van der Waals surface area contributed by atoms with Gasteiger partial charge in [0.1, 0.15) is 5.82 Å². The van der Waals surface area contributed by atoms with Crippen LogP contribution in [0.15, 0.2) is 30.3 Å². The zero-order valence-electron chi connectivity index (χ0n) is 12.7. The normalized spacial score (nSPS) is 15.3. The molecule has 0 aliphatic carbocycles. The fourth-order valence-electron chi connectivity index (χ4n) is 2.71. The van der Waals surface area contributed by atoms with Gasteiger partial charge in [-0.3, -0.25) is 0 Å². The van der Waals surface area contributed by atoms with E-state index in [2.05, 4.69) is 20.0 Å². The Bertz CT molecular complexity index is 840. The van der Waals surface area contributed by atoms with Crippen LogP contribution in [-0.4, -0.2) is 45.9 Å². The first-order valence-electron chi connectivity index (χ1n) is 7.54. The number of halogens is 1. The van der Waals surface area contributed by atoms with E-state index in [1.54, 1.807) is 0 Å². The van der Waals surface area contributed by atoms with E-state index in [0.29, 0.717) is 16.6 Å². The number of hydrogen-bond donors (Lipinski definition) is 0. The lowest BCUT2D eigenvalue weighted by atomic mass is 10.2. The highest BCUT2D eigenvalue weighted by Crippen LogP contribution is 2.22.